The van der Waals surface area contributed by atoms with Crippen LogP contribution < -0.4 is 5.73 Å². The fourth-order valence-electron chi connectivity index (χ4n) is 2.26. The minimum absolute atomic E-state index is 0.230. The summed E-state index contributed by atoms with van der Waals surface area (Å²) in [6, 6.07) is 13.0. The van der Waals surface area contributed by atoms with Gasteiger partial charge in [0.2, 0.25) is 0 Å². The van der Waals surface area contributed by atoms with E-state index in [9.17, 15) is 4.39 Å². The molecule has 2 aromatic carbocycles. The third-order valence-corrected chi connectivity index (χ3v) is 4.14. The van der Waals surface area contributed by atoms with Crippen LogP contribution in [0, 0.1) is 12.7 Å². The predicted octanol–water partition coefficient (Wildman–Crippen LogP) is 4.38. The van der Waals surface area contributed by atoms with Gasteiger partial charge in [-0.1, -0.05) is 18.2 Å². The number of aromatic nitrogens is 1. The molecule has 0 fully saturated rings. The number of halogens is 1. The van der Waals surface area contributed by atoms with Gasteiger partial charge in [-0.3, -0.25) is 0 Å². The number of benzene rings is 2. The van der Waals surface area contributed by atoms with Crippen molar-refractivity contribution in [2.75, 3.05) is 0 Å². The van der Waals surface area contributed by atoms with Crippen LogP contribution in [0.1, 0.15) is 11.1 Å². The molecule has 2 N–H and O–H groups in total. The lowest BCUT2D eigenvalue weighted by molar-refractivity contribution is 0.627. The van der Waals surface area contributed by atoms with Crippen LogP contribution >= 0.6 is 11.3 Å². The molecule has 0 bridgehead atoms. The Morgan fingerprint density at radius 1 is 1.14 bits per heavy atom. The van der Waals surface area contributed by atoms with Crippen molar-refractivity contribution >= 4 is 11.3 Å². The van der Waals surface area contributed by atoms with Crippen LogP contribution in [0.5, 0.6) is 0 Å². The van der Waals surface area contributed by atoms with Gasteiger partial charge in [-0.15, -0.1) is 11.3 Å². The van der Waals surface area contributed by atoms with E-state index in [2.05, 4.69) is 4.98 Å². The SMILES string of the molecule is Cc1cc(F)cc(-c2nc(-c3cccc(CN)c3)cs2)c1. The fraction of sp³-hybridized carbons (Fsp3) is 0.118. The summed E-state index contributed by atoms with van der Waals surface area (Å²) in [7, 11) is 0. The van der Waals surface area contributed by atoms with Gasteiger partial charge in [-0.25, -0.2) is 9.37 Å². The van der Waals surface area contributed by atoms with Gasteiger partial charge in [0.15, 0.2) is 0 Å². The third kappa shape index (κ3) is 3.01. The lowest BCUT2D eigenvalue weighted by Gasteiger charge is -2.01. The Bertz CT molecular complexity index is 760. The molecule has 0 spiro atoms. The molecular formula is C17H15FN2S. The molecule has 0 atom stereocenters. The number of hydrogen-bond acceptors (Lipinski definition) is 3. The molecule has 0 radical (unpaired) electrons. The number of hydrogen-bond donors (Lipinski definition) is 1. The van der Waals surface area contributed by atoms with Crippen molar-refractivity contribution in [2.45, 2.75) is 13.5 Å². The molecule has 0 unspecified atom stereocenters. The highest BCUT2D eigenvalue weighted by Crippen LogP contribution is 2.30. The second-order valence-electron chi connectivity index (χ2n) is 4.96. The normalized spacial score (nSPS) is 10.8. The van der Waals surface area contributed by atoms with Gasteiger partial charge in [-0.2, -0.15) is 0 Å². The first-order valence-corrected chi connectivity index (χ1v) is 7.56. The van der Waals surface area contributed by atoms with Crippen LogP contribution in [0.15, 0.2) is 47.8 Å². The molecule has 0 aliphatic heterocycles. The van der Waals surface area contributed by atoms with Gasteiger partial charge >= 0.3 is 0 Å². The van der Waals surface area contributed by atoms with Gasteiger partial charge < -0.3 is 5.73 Å². The van der Waals surface area contributed by atoms with Crippen LogP contribution in [0.3, 0.4) is 0 Å². The van der Waals surface area contributed by atoms with E-state index in [1.165, 1.54) is 23.5 Å². The minimum atomic E-state index is -0.230. The molecule has 1 aromatic heterocycles. The van der Waals surface area contributed by atoms with Crippen LogP contribution in [0.25, 0.3) is 21.8 Å². The molecular weight excluding hydrogens is 283 g/mol. The molecule has 3 aromatic rings. The predicted molar refractivity (Wildman–Crippen MR) is 85.6 cm³/mol. The van der Waals surface area contributed by atoms with Crippen LogP contribution in [-0.2, 0) is 6.54 Å². The van der Waals surface area contributed by atoms with Crippen molar-refractivity contribution in [3.63, 3.8) is 0 Å². The highest BCUT2D eigenvalue weighted by Gasteiger charge is 2.08. The molecule has 1 heterocycles. The monoisotopic (exact) mass is 298 g/mol. The van der Waals surface area contributed by atoms with E-state index in [-0.39, 0.29) is 5.82 Å². The molecule has 3 rings (SSSR count). The molecule has 106 valence electrons. The molecule has 0 aliphatic rings. The van der Waals surface area contributed by atoms with Gasteiger partial charge in [0.05, 0.1) is 5.69 Å². The molecule has 21 heavy (non-hydrogen) atoms. The molecule has 0 amide bonds. The number of aryl methyl sites for hydroxylation is 1. The first-order chi connectivity index (χ1) is 10.2. The Balaban J connectivity index is 1.99. The van der Waals surface area contributed by atoms with E-state index in [1.54, 1.807) is 0 Å². The maximum atomic E-state index is 13.5. The summed E-state index contributed by atoms with van der Waals surface area (Å²) in [5.41, 5.74) is 10.4. The van der Waals surface area contributed by atoms with Crippen molar-refractivity contribution in [3.8, 4) is 21.8 Å². The summed E-state index contributed by atoms with van der Waals surface area (Å²) in [5.74, 6) is -0.230. The first-order valence-electron chi connectivity index (χ1n) is 6.68. The number of nitrogens with two attached hydrogens (primary N) is 1. The molecule has 4 heteroatoms. The zero-order valence-corrected chi connectivity index (χ0v) is 12.5. The maximum Gasteiger partial charge on any atom is 0.124 e. The van der Waals surface area contributed by atoms with Crippen molar-refractivity contribution in [1.29, 1.82) is 0 Å². The summed E-state index contributed by atoms with van der Waals surface area (Å²) in [6.07, 6.45) is 0. The van der Waals surface area contributed by atoms with E-state index in [4.69, 9.17) is 5.73 Å². The Morgan fingerprint density at radius 3 is 2.76 bits per heavy atom. The zero-order valence-electron chi connectivity index (χ0n) is 11.6. The smallest absolute Gasteiger partial charge is 0.124 e. The van der Waals surface area contributed by atoms with Gasteiger partial charge in [0.1, 0.15) is 10.8 Å². The van der Waals surface area contributed by atoms with E-state index < -0.39 is 0 Å². The highest BCUT2D eigenvalue weighted by molar-refractivity contribution is 7.13. The van der Waals surface area contributed by atoms with Crippen molar-refractivity contribution in [2.24, 2.45) is 5.73 Å². The largest absolute Gasteiger partial charge is 0.326 e. The van der Waals surface area contributed by atoms with Crippen LogP contribution in [-0.4, -0.2) is 4.98 Å². The quantitative estimate of drug-likeness (QED) is 0.779. The molecule has 0 aliphatic carbocycles. The van der Waals surface area contributed by atoms with Crippen molar-refractivity contribution in [3.05, 3.63) is 64.8 Å². The second-order valence-corrected chi connectivity index (χ2v) is 5.82. The lowest BCUT2D eigenvalue weighted by atomic mass is 10.1. The fourth-order valence-corrected chi connectivity index (χ4v) is 3.07. The van der Waals surface area contributed by atoms with Gasteiger partial charge in [0, 0.05) is 23.1 Å². The number of rotatable bonds is 3. The van der Waals surface area contributed by atoms with E-state index >= 15 is 0 Å². The Kier molecular flexibility index (Phi) is 3.82. The Labute approximate surface area is 127 Å². The summed E-state index contributed by atoms with van der Waals surface area (Å²) >= 11 is 1.52. The third-order valence-electron chi connectivity index (χ3n) is 3.25. The molecule has 0 saturated carbocycles. The second kappa shape index (κ2) is 5.76. The minimum Gasteiger partial charge on any atom is -0.326 e. The average molecular weight is 298 g/mol. The summed E-state index contributed by atoms with van der Waals surface area (Å²) < 4.78 is 13.5. The van der Waals surface area contributed by atoms with Crippen molar-refractivity contribution < 1.29 is 4.39 Å². The highest BCUT2D eigenvalue weighted by atomic mass is 32.1. The van der Waals surface area contributed by atoms with Crippen LogP contribution in [0.2, 0.25) is 0 Å². The van der Waals surface area contributed by atoms with E-state index in [0.717, 1.165) is 33.0 Å². The lowest BCUT2D eigenvalue weighted by Crippen LogP contribution is -1.95. The van der Waals surface area contributed by atoms with Crippen LogP contribution in [0.4, 0.5) is 4.39 Å². The summed E-state index contributed by atoms with van der Waals surface area (Å²) in [5, 5.41) is 2.82. The maximum absolute atomic E-state index is 13.5. The molecule has 0 saturated heterocycles. The summed E-state index contributed by atoms with van der Waals surface area (Å²) in [6.45, 7) is 2.39. The number of nitrogens with zero attached hydrogens (tertiary/aromatic N) is 1. The molecule has 2 nitrogen and oxygen atoms in total. The topological polar surface area (TPSA) is 38.9 Å². The van der Waals surface area contributed by atoms with Gasteiger partial charge in [0.25, 0.3) is 0 Å². The Hall–Kier alpha value is -2.04. The zero-order chi connectivity index (χ0) is 14.8. The Morgan fingerprint density at radius 2 is 2.00 bits per heavy atom. The average Bonchev–Trinajstić information content (AvgIpc) is 2.96. The number of thiazole rings is 1. The van der Waals surface area contributed by atoms with Gasteiger partial charge in [-0.05, 0) is 42.3 Å². The van der Waals surface area contributed by atoms with E-state index in [0.29, 0.717) is 6.54 Å². The summed E-state index contributed by atoms with van der Waals surface area (Å²) in [4.78, 5) is 4.62. The van der Waals surface area contributed by atoms with E-state index in [1.807, 2.05) is 42.6 Å². The standard InChI is InChI=1S/C17H15FN2S/c1-11-5-14(8-15(18)6-11)17-20-16(10-21-17)13-4-2-3-12(7-13)9-19/h2-8,10H,9,19H2,1H3. The first kappa shape index (κ1) is 13.9. The van der Waals surface area contributed by atoms with Crippen molar-refractivity contribution in [1.82, 2.24) is 4.98 Å².